The summed E-state index contributed by atoms with van der Waals surface area (Å²) in [5, 5.41) is 9.75. The lowest BCUT2D eigenvalue weighted by atomic mass is 10.0. The van der Waals surface area contributed by atoms with E-state index in [1.807, 2.05) is 32.2 Å². The molecule has 0 fully saturated rings. The van der Waals surface area contributed by atoms with E-state index in [-0.39, 0.29) is 30.1 Å². The van der Waals surface area contributed by atoms with Crippen LogP contribution < -0.4 is 4.74 Å². The van der Waals surface area contributed by atoms with Crippen LogP contribution in [0.4, 0.5) is 0 Å². The molecule has 0 saturated carbocycles. The predicted molar refractivity (Wildman–Crippen MR) is 128 cm³/mol. The minimum atomic E-state index is -3.86. The second-order valence-corrected chi connectivity index (χ2v) is 10.5. The number of fused-ring (bicyclic) bond motifs is 1. The normalized spacial score (nSPS) is 21.2. The number of pyridine rings is 1. The first-order chi connectivity index (χ1) is 15.8. The van der Waals surface area contributed by atoms with E-state index in [0.29, 0.717) is 23.6 Å². The van der Waals surface area contributed by atoms with Gasteiger partial charge in [-0.15, -0.1) is 0 Å². The van der Waals surface area contributed by atoms with Gasteiger partial charge in [0.15, 0.2) is 0 Å². The average Bonchev–Trinajstić information content (AvgIpc) is 2.80. The molecular weight excluding hydrogens is 438 g/mol. The highest BCUT2D eigenvalue weighted by Gasteiger charge is 2.38. The fraction of sp³-hybridized carbons (Fsp3) is 0.480. The van der Waals surface area contributed by atoms with Crippen molar-refractivity contribution in [3.05, 3.63) is 53.9 Å². The molecule has 7 nitrogen and oxygen atoms in total. The first kappa shape index (κ1) is 25.2. The van der Waals surface area contributed by atoms with Crippen molar-refractivity contribution in [2.75, 3.05) is 33.3 Å². The molecule has 3 rings (SSSR count). The molecule has 1 aromatic heterocycles. The Labute approximate surface area is 197 Å². The molecule has 0 bridgehead atoms. The Hall–Kier alpha value is -2.44. The third kappa shape index (κ3) is 6.12. The van der Waals surface area contributed by atoms with Crippen molar-refractivity contribution in [3.63, 3.8) is 0 Å². The van der Waals surface area contributed by atoms with Gasteiger partial charge in [0.1, 0.15) is 22.4 Å². The third-order valence-corrected chi connectivity index (χ3v) is 7.78. The molecule has 0 saturated heterocycles. The van der Waals surface area contributed by atoms with Crippen LogP contribution in [0.1, 0.15) is 38.4 Å². The number of aromatic nitrogens is 1. The molecule has 33 heavy (non-hydrogen) atoms. The van der Waals surface area contributed by atoms with Gasteiger partial charge >= 0.3 is 0 Å². The molecule has 1 aromatic carbocycles. The number of benzene rings is 1. The first-order valence-corrected chi connectivity index (χ1v) is 12.7. The molecule has 2 heterocycles. The second-order valence-electron chi connectivity index (χ2n) is 8.63. The quantitative estimate of drug-likeness (QED) is 0.652. The summed E-state index contributed by atoms with van der Waals surface area (Å²) in [7, 11) is -1.82. The molecule has 0 unspecified atom stereocenters. The summed E-state index contributed by atoms with van der Waals surface area (Å²) in [5.41, 5.74) is 1.28. The number of aliphatic hydroxyl groups is 1. The van der Waals surface area contributed by atoms with Crippen LogP contribution in [0, 0.1) is 17.8 Å². The van der Waals surface area contributed by atoms with Gasteiger partial charge in [0, 0.05) is 36.8 Å². The molecule has 1 aliphatic heterocycles. The van der Waals surface area contributed by atoms with E-state index >= 15 is 0 Å². The molecule has 0 radical (unpaired) electrons. The molecule has 2 aromatic rings. The van der Waals surface area contributed by atoms with Crippen molar-refractivity contribution in [3.8, 4) is 17.6 Å². The molecule has 0 amide bonds. The van der Waals surface area contributed by atoms with Crippen molar-refractivity contribution in [1.82, 2.24) is 14.2 Å². The molecule has 8 heteroatoms. The van der Waals surface area contributed by atoms with E-state index in [2.05, 4.69) is 28.6 Å². The predicted octanol–water partition coefficient (Wildman–Crippen LogP) is 2.59. The molecule has 0 spiro atoms. The second kappa shape index (κ2) is 11.1. The van der Waals surface area contributed by atoms with E-state index in [0.717, 1.165) is 13.0 Å². The zero-order valence-corrected chi connectivity index (χ0v) is 20.5. The Kier molecular flexibility index (Phi) is 8.49. The molecule has 3 atom stereocenters. The van der Waals surface area contributed by atoms with Gasteiger partial charge < -0.3 is 14.7 Å². The van der Waals surface area contributed by atoms with E-state index in [1.165, 1.54) is 4.31 Å². The van der Waals surface area contributed by atoms with Gasteiger partial charge in [-0.1, -0.05) is 25.8 Å². The van der Waals surface area contributed by atoms with Crippen LogP contribution in [0.5, 0.6) is 5.75 Å². The summed E-state index contributed by atoms with van der Waals surface area (Å²) in [6.07, 6.45) is 2.47. The minimum absolute atomic E-state index is 0.0792. The lowest BCUT2D eigenvalue weighted by Crippen LogP contribution is -2.49. The van der Waals surface area contributed by atoms with Crippen LogP contribution in [0.25, 0.3) is 0 Å². The Bertz CT molecular complexity index is 1100. The van der Waals surface area contributed by atoms with Crippen molar-refractivity contribution in [1.29, 1.82) is 0 Å². The van der Waals surface area contributed by atoms with Crippen LogP contribution in [0.15, 0.2) is 47.5 Å². The largest absolute Gasteiger partial charge is 0.487 e. The summed E-state index contributed by atoms with van der Waals surface area (Å²) in [6.45, 7) is 7.44. The number of sulfonamides is 1. The molecule has 1 N–H and O–H groups in total. The fourth-order valence-corrected chi connectivity index (χ4v) is 5.70. The molecule has 178 valence electrons. The fourth-order valence-electron chi connectivity index (χ4n) is 3.87. The average molecular weight is 472 g/mol. The van der Waals surface area contributed by atoms with Crippen molar-refractivity contribution >= 4 is 10.0 Å². The van der Waals surface area contributed by atoms with Gasteiger partial charge in [0.2, 0.25) is 10.0 Å². The van der Waals surface area contributed by atoms with Gasteiger partial charge in [-0.25, -0.2) is 13.4 Å². The Morgan fingerprint density at radius 1 is 1.30 bits per heavy atom. The van der Waals surface area contributed by atoms with Gasteiger partial charge in [0.05, 0.1) is 6.61 Å². The summed E-state index contributed by atoms with van der Waals surface area (Å²) < 4.78 is 34.8. The lowest BCUT2D eigenvalue weighted by Gasteiger charge is -2.37. The van der Waals surface area contributed by atoms with Gasteiger partial charge in [0.25, 0.3) is 0 Å². The maximum Gasteiger partial charge on any atom is 0.247 e. The van der Waals surface area contributed by atoms with E-state index in [4.69, 9.17) is 4.74 Å². The highest BCUT2D eigenvalue weighted by Crippen LogP contribution is 2.34. The maximum absolute atomic E-state index is 13.5. The number of hydrogen-bond donors (Lipinski definition) is 1. The number of likely N-dealkylation sites (N-methyl/N-ethyl adjacent to an activating group) is 1. The lowest BCUT2D eigenvalue weighted by molar-refractivity contribution is 0.0752. The summed E-state index contributed by atoms with van der Waals surface area (Å²) in [5.74, 6) is 6.27. The Morgan fingerprint density at radius 3 is 2.76 bits per heavy atom. The van der Waals surface area contributed by atoms with Crippen LogP contribution in [-0.4, -0.2) is 73.1 Å². The van der Waals surface area contributed by atoms with Crippen molar-refractivity contribution < 1.29 is 18.3 Å². The van der Waals surface area contributed by atoms with E-state index < -0.39 is 16.1 Å². The van der Waals surface area contributed by atoms with Crippen molar-refractivity contribution in [2.45, 2.75) is 44.2 Å². The Balaban J connectivity index is 2.05. The number of rotatable bonds is 6. The number of aliphatic hydroxyl groups excluding tert-OH is 1. The maximum atomic E-state index is 13.5. The molecule has 1 aliphatic rings. The third-order valence-electron chi connectivity index (χ3n) is 5.76. The van der Waals surface area contributed by atoms with Gasteiger partial charge in [-0.05, 0) is 63.2 Å². The Morgan fingerprint density at radius 2 is 2.09 bits per heavy atom. The summed E-state index contributed by atoms with van der Waals surface area (Å²) in [6, 6.07) is 9.88. The number of nitrogens with zero attached hydrogens (tertiary/aromatic N) is 3. The van der Waals surface area contributed by atoms with Crippen molar-refractivity contribution in [2.24, 2.45) is 5.92 Å². The highest BCUT2D eigenvalue weighted by atomic mass is 32.2. The first-order valence-electron chi connectivity index (χ1n) is 11.3. The highest BCUT2D eigenvalue weighted by molar-refractivity contribution is 7.89. The van der Waals surface area contributed by atoms with Crippen LogP contribution in [0.2, 0.25) is 0 Å². The van der Waals surface area contributed by atoms with Crippen LogP contribution in [-0.2, 0) is 10.0 Å². The number of hydrogen-bond acceptors (Lipinski definition) is 6. The zero-order valence-electron chi connectivity index (χ0n) is 19.7. The van der Waals surface area contributed by atoms with Crippen LogP contribution in [0.3, 0.4) is 0 Å². The smallest absolute Gasteiger partial charge is 0.247 e. The van der Waals surface area contributed by atoms with E-state index in [9.17, 15) is 13.5 Å². The summed E-state index contributed by atoms with van der Waals surface area (Å²) >= 11 is 0. The zero-order chi connectivity index (χ0) is 24.0. The van der Waals surface area contributed by atoms with E-state index in [1.54, 1.807) is 31.3 Å². The monoisotopic (exact) mass is 471 g/mol. The van der Waals surface area contributed by atoms with Gasteiger partial charge in [-0.2, -0.15) is 4.31 Å². The van der Waals surface area contributed by atoms with Gasteiger partial charge in [-0.3, -0.25) is 0 Å². The SMILES string of the molecule is CCCN(C)C[C@H]1Oc2cc(C#Cc3ccccn3)ccc2S(=O)(=O)N([C@@H](C)CO)C[C@H]1C. The summed E-state index contributed by atoms with van der Waals surface area (Å²) in [4.78, 5) is 6.50. The topological polar surface area (TPSA) is 83.0 Å². The minimum Gasteiger partial charge on any atom is -0.487 e. The molecule has 0 aliphatic carbocycles. The standard InChI is InChI=1S/C25H33N3O4S/c1-5-14-27(4)17-24-19(2)16-28(20(3)18-29)33(30,31)25-12-10-21(15-23(25)32-24)9-11-22-8-6-7-13-26-22/h6-8,10,12-13,15,19-20,24,29H,5,14,16-18H2,1-4H3/t19-,20+,24-/m1/s1. The molecular formula is C25H33N3O4S. The van der Waals surface area contributed by atoms with Crippen LogP contribution >= 0.6 is 0 Å². The number of ether oxygens (including phenoxy) is 1.